The fourth-order valence-corrected chi connectivity index (χ4v) is 4.84. The molecular weight excluding hydrogens is 466 g/mol. The van der Waals surface area contributed by atoms with Crippen LogP contribution in [0.1, 0.15) is 0 Å². The van der Waals surface area contributed by atoms with Crippen molar-refractivity contribution >= 4 is 21.7 Å². The molecule has 0 saturated heterocycles. The minimum absolute atomic E-state index is 0.841. The molecule has 178 valence electrons. The maximum atomic E-state index is 5.00. The molecule has 5 nitrogen and oxygen atoms in total. The van der Waals surface area contributed by atoms with E-state index in [1.807, 2.05) is 36.5 Å². The number of pyridine rings is 5. The van der Waals surface area contributed by atoms with E-state index in [-0.39, 0.29) is 0 Å². The number of nitrogens with zero attached hydrogens (tertiary/aromatic N) is 5. The summed E-state index contributed by atoms with van der Waals surface area (Å²) in [5.74, 6) is 0. The van der Waals surface area contributed by atoms with Crippen LogP contribution in [-0.4, -0.2) is 24.9 Å². The van der Waals surface area contributed by atoms with Crippen molar-refractivity contribution in [1.29, 1.82) is 0 Å². The van der Waals surface area contributed by atoms with Crippen molar-refractivity contribution in [2.75, 3.05) is 0 Å². The van der Waals surface area contributed by atoms with E-state index in [1.165, 1.54) is 5.39 Å². The molecule has 0 spiro atoms. The molecule has 7 aromatic rings. The second-order valence-electron chi connectivity index (χ2n) is 9.05. The second kappa shape index (κ2) is 9.30. The maximum absolute atomic E-state index is 5.00. The van der Waals surface area contributed by atoms with Gasteiger partial charge >= 0.3 is 0 Å². The molecule has 0 radical (unpaired) electrons. The third-order valence-corrected chi connectivity index (χ3v) is 6.73. The fourth-order valence-electron chi connectivity index (χ4n) is 4.84. The van der Waals surface area contributed by atoms with Gasteiger partial charge in [-0.2, -0.15) is 0 Å². The molecule has 0 amide bonds. The number of hydrogen-bond donors (Lipinski definition) is 0. The molecule has 38 heavy (non-hydrogen) atoms. The van der Waals surface area contributed by atoms with E-state index >= 15 is 0 Å². The van der Waals surface area contributed by atoms with Gasteiger partial charge < -0.3 is 0 Å². The molecule has 0 saturated carbocycles. The van der Waals surface area contributed by atoms with Crippen LogP contribution in [0.3, 0.4) is 0 Å². The van der Waals surface area contributed by atoms with Crippen LogP contribution in [0.5, 0.6) is 0 Å². The first-order valence-corrected chi connectivity index (χ1v) is 12.4. The topological polar surface area (TPSA) is 64.5 Å². The van der Waals surface area contributed by atoms with Gasteiger partial charge in [0.25, 0.3) is 0 Å². The Balaban J connectivity index is 1.35. The summed E-state index contributed by atoms with van der Waals surface area (Å²) in [6, 6.07) is 32.9. The van der Waals surface area contributed by atoms with Gasteiger partial charge in [0.05, 0.1) is 28.3 Å². The molecule has 7 rings (SSSR count). The van der Waals surface area contributed by atoms with Crippen molar-refractivity contribution in [1.82, 2.24) is 24.9 Å². The normalized spacial score (nSPS) is 11.2. The van der Waals surface area contributed by atoms with Crippen LogP contribution in [0.4, 0.5) is 0 Å². The Morgan fingerprint density at radius 1 is 0.421 bits per heavy atom. The Morgan fingerprint density at radius 2 is 1.03 bits per heavy atom. The molecule has 0 aliphatic heterocycles. The van der Waals surface area contributed by atoms with Gasteiger partial charge in [0.1, 0.15) is 0 Å². The lowest BCUT2D eigenvalue weighted by Crippen LogP contribution is -1.94. The molecule has 0 atom stereocenters. The van der Waals surface area contributed by atoms with Crippen molar-refractivity contribution in [2.24, 2.45) is 0 Å². The number of benzene rings is 2. The Hall–Kier alpha value is -5.29. The molecule has 0 bridgehead atoms. The zero-order chi connectivity index (χ0) is 25.3. The highest BCUT2D eigenvalue weighted by molar-refractivity contribution is 6.10. The molecule has 5 aromatic heterocycles. The molecule has 0 N–H and O–H groups in total. The van der Waals surface area contributed by atoms with E-state index in [9.17, 15) is 0 Å². The average Bonchev–Trinajstić information content (AvgIpc) is 3.01. The minimum Gasteiger partial charge on any atom is -0.265 e. The van der Waals surface area contributed by atoms with Crippen LogP contribution in [0, 0.1) is 0 Å². The third-order valence-electron chi connectivity index (χ3n) is 6.73. The standard InChI is InChI=1S/C33H21N5/c1-2-7-28-26(5-1)27-6-3-4-8-29(27)38-33(28)30-10-9-24(21-36-30)25-19-31(22-11-15-34-16-12-22)37-32(20-25)23-13-17-35-18-14-23/h1-21H. The fraction of sp³-hybridized carbons (Fsp3) is 0. The summed E-state index contributed by atoms with van der Waals surface area (Å²) >= 11 is 0. The molecular formula is C33H21N5. The van der Waals surface area contributed by atoms with Crippen LogP contribution in [-0.2, 0) is 0 Å². The lowest BCUT2D eigenvalue weighted by Gasteiger charge is -2.11. The summed E-state index contributed by atoms with van der Waals surface area (Å²) in [6.45, 7) is 0. The Labute approximate surface area is 219 Å². The predicted octanol–water partition coefficient (Wildman–Crippen LogP) is 7.64. The first-order valence-electron chi connectivity index (χ1n) is 12.4. The number of fused-ring (bicyclic) bond motifs is 3. The van der Waals surface area contributed by atoms with E-state index in [0.717, 1.165) is 61.3 Å². The second-order valence-corrected chi connectivity index (χ2v) is 9.05. The van der Waals surface area contributed by atoms with Gasteiger partial charge in [-0.05, 0) is 59.5 Å². The number of hydrogen-bond acceptors (Lipinski definition) is 5. The molecule has 5 heteroatoms. The number of para-hydroxylation sites is 1. The van der Waals surface area contributed by atoms with Crippen LogP contribution in [0.2, 0.25) is 0 Å². The van der Waals surface area contributed by atoms with Gasteiger partial charge in [0.15, 0.2) is 0 Å². The highest BCUT2D eigenvalue weighted by Crippen LogP contribution is 2.33. The van der Waals surface area contributed by atoms with Gasteiger partial charge in [-0.25, -0.2) is 9.97 Å². The summed E-state index contributed by atoms with van der Waals surface area (Å²) in [7, 11) is 0. The first kappa shape index (κ1) is 21.9. The van der Waals surface area contributed by atoms with Crippen LogP contribution >= 0.6 is 0 Å². The highest BCUT2D eigenvalue weighted by atomic mass is 14.8. The van der Waals surface area contributed by atoms with Gasteiger partial charge in [0.2, 0.25) is 0 Å². The molecule has 2 aromatic carbocycles. The van der Waals surface area contributed by atoms with E-state index in [0.29, 0.717) is 0 Å². The monoisotopic (exact) mass is 487 g/mol. The molecule has 0 fully saturated rings. The first-order chi connectivity index (χ1) is 18.8. The lowest BCUT2D eigenvalue weighted by atomic mass is 10.00. The highest BCUT2D eigenvalue weighted by Gasteiger charge is 2.13. The quantitative estimate of drug-likeness (QED) is 0.239. The SMILES string of the molecule is c1ccc2c(c1)nc(-c1ccc(-c3cc(-c4ccncc4)nc(-c4ccncc4)c3)cn1)c1ccccc12. The maximum Gasteiger partial charge on any atom is 0.0972 e. The van der Waals surface area contributed by atoms with E-state index < -0.39 is 0 Å². The Morgan fingerprint density at radius 3 is 1.66 bits per heavy atom. The van der Waals surface area contributed by atoms with E-state index in [2.05, 4.69) is 76.7 Å². The number of aromatic nitrogens is 5. The van der Waals surface area contributed by atoms with Gasteiger partial charge in [-0.15, -0.1) is 0 Å². The third kappa shape index (κ3) is 3.96. The van der Waals surface area contributed by atoms with Crippen molar-refractivity contribution in [3.8, 4) is 45.0 Å². The molecule has 0 aliphatic carbocycles. The summed E-state index contributed by atoms with van der Waals surface area (Å²) in [5, 5.41) is 3.42. The van der Waals surface area contributed by atoms with Crippen molar-refractivity contribution in [3.05, 3.63) is 128 Å². The smallest absolute Gasteiger partial charge is 0.0972 e. The van der Waals surface area contributed by atoms with Crippen molar-refractivity contribution in [3.63, 3.8) is 0 Å². The summed E-state index contributed by atoms with van der Waals surface area (Å²) in [4.78, 5) is 23.1. The predicted molar refractivity (Wildman–Crippen MR) is 152 cm³/mol. The van der Waals surface area contributed by atoms with Gasteiger partial charge in [0, 0.05) is 58.4 Å². The zero-order valence-electron chi connectivity index (χ0n) is 20.4. The summed E-state index contributed by atoms with van der Waals surface area (Å²) in [6.07, 6.45) is 9.06. The van der Waals surface area contributed by atoms with E-state index in [1.54, 1.807) is 24.8 Å². The molecule has 5 heterocycles. The van der Waals surface area contributed by atoms with E-state index in [4.69, 9.17) is 15.0 Å². The van der Waals surface area contributed by atoms with Crippen molar-refractivity contribution < 1.29 is 0 Å². The summed E-state index contributed by atoms with van der Waals surface area (Å²) in [5.41, 5.74) is 8.50. The Bertz CT molecular complexity index is 1840. The van der Waals surface area contributed by atoms with Crippen molar-refractivity contribution in [2.45, 2.75) is 0 Å². The van der Waals surface area contributed by atoms with Gasteiger partial charge in [-0.1, -0.05) is 48.5 Å². The average molecular weight is 488 g/mol. The largest absolute Gasteiger partial charge is 0.265 e. The summed E-state index contributed by atoms with van der Waals surface area (Å²) < 4.78 is 0. The van der Waals surface area contributed by atoms with Crippen LogP contribution < -0.4 is 0 Å². The van der Waals surface area contributed by atoms with Crippen LogP contribution in [0.25, 0.3) is 66.7 Å². The lowest BCUT2D eigenvalue weighted by molar-refractivity contribution is 1.26. The minimum atomic E-state index is 0.841. The van der Waals surface area contributed by atoms with Crippen LogP contribution in [0.15, 0.2) is 128 Å². The number of rotatable bonds is 4. The molecule has 0 unspecified atom stereocenters. The van der Waals surface area contributed by atoms with Gasteiger partial charge in [-0.3, -0.25) is 15.0 Å². The Kier molecular flexibility index (Phi) is 5.37. The molecule has 0 aliphatic rings. The zero-order valence-corrected chi connectivity index (χ0v) is 20.4.